The number of carboxylic acid groups (broad SMARTS) is 1. The fourth-order valence-electron chi connectivity index (χ4n) is 3.53. The topological polar surface area (TPSA) is 85.4 Å². The third kappa shape index (κ3) is 6.41. The number of carboxylic acids is 1. The molecule has 1 saturated heterocycles. The molecule has 0 aromatic carbocycles. The molecule has 0 spiro atoms. The van der Waals surface area contributed by atoms with E-state index in [2.05, 4.69) is 10.2 Å². The lowest BCUT2D eigenvalue weighted by Crippen LogP contribution is -2.59. The Hall–Kier alpha value is -1.38. The summed E-state index contributed by atoms with van der Waals surface area (Å²) in [6.45, 7) is 11.7. The van der Waals surface area contributed by atoms with Crippen LogP contribution in [0.4, 0.5) is 4.79 Å². The summed E-state index contributed by atoms with van der Waals surface area (Å²) in [7, 11) is 0. The van der Waals surface area contributed by atoms with Crippen LogP contribution in [0.3, 0.4) is 0 Å². The van der Waals surface area contributed by atoms with E-state index in [-0.39, 0.29) is 30.8 Å². The van der Waals surface area contributed by atoms with E-state index < -0.39 is 5.97 Å². The molecule has 8 heteroatoms. The number of carbonyl (C=O) groups excluding carboxylic acids is 1. The van der Waals surface area contributed by atoms with E-state index in [4.69, 9.17) is 9.84 Å². The van der Waals surface area contributed by atoms with Gasteiger partial charge in [0.15, 0.2) is 0 Å². The van der Waals surface area contributed by atoms with Crippen LogP contribution in [0.25, 0.3) is 0 Å². The van der Waals surface area contributed by atoms with Crippen molar-refractivity contribution in [3.05, 3.63) is 0 Å². The summed E-state index contributed by atoms with van der Waals surface area (Å²) in [6, 6.07) is 0.430. The first-order chi connectivity index (χ1) is 12.4. The lowest BCUT2D eigenvalue weighted by atomic mass is 9.85. The Morgan fingerprint density at radius 1 is 1.23 bits per heavy atom. The maximum Gasteiger partial charge on any atom is 0.317 e. The highest BCUT2D eigenvalue weighted by atomic mass is 16.5. The molecule has 0 bridgehead atoms. The Labute approximate surface area is 156 Å². The molecule has 150 valence electrons. The van der Waals surface area contributed by atoms with Gasteiger partial charge in [0.05, 0.1) is 19.3 Å². The Kier molecular flexibility index (Phi) is 8.12. The summed E-state index contributed by atoms with van der Waals surface area (Å²) >= 11 is 0. The molecule has 2 N–H and O–H groups in total. The Bertz CT molecular complexity index is 460. The van der Waals surface area contributed by atoms with Gasteiger partial charge in [-0.05, 0) is 33.2 Å². The normalized spacial score (nSPS) is 24.0. The van der Waals surface area contributed by atoms with Gasteiger partial charge in [-0.2, -0.15) is 0 Å². The third-order valence-electron chi connectivity index (χ3n) is 5.22. The molecule has 1 heterocycles. The number of amides is 2. The van der Waals surface area contributed by atoms with Crippen molar-refractivity contribution in [1.29, 1.82) is 0 Å². The van der Waals surface area contributed by atoms with E-state index in [1.807, 2.05) is 30.6 Å². The van der Waals surface area contributed by atoms with Gasteiger partial charge in [0.2, 0.25) is 0 Å². The molecule has 2 rings (SSSR count). The number of carbonyl (C=O) groups is 2. The van der Waals surface area contributed by atoms with E-state index in [9.17, 15) is 9.59 Å². The number of aliphatic carboxylic acids is 1. The molecular formula is C18H34N4O4. The fraction of sp³-hybridized carbons (Fsp3) is 0.889. The SMILES string of the molecule is CCN(CC(=O)O)C1CC(NC(=O)N2CCN(CCOC(C)C)CC2)C1. The first-order valence-electron chi connectivity index (χ1n) is 9.74. The van der Waals surface area contributed by atoms with Crippen molar-refractivity contribution in [3.8, 4) is 0 Å². The average Bonchev–Trinajstić information content (AvgIpc) is 2.56. The second kappa shape index (κ2) is 10.1. The second-order valence-corrected chi connectivity index (χ2v) is 7.48. The summed E-state index contributed by atoms with van der Waals surface area (Å²) in [5.41, 5.74) is 0. The van der Waals surface area contributed by atoms with Gasteiger partial charge < -0.3 is 20.1 Å². The molecular weight excluding hydrogens is 336 g/mol. The number of likely N-dealkylation sites (N-methyl/N-ethyl adjacent to an activating group) is 1. The van der Waals surface area contributed by atoms with Crippen LogP contribution in [-0.2, 0) is 9.53 Å². The van der Waals surface area contributed by atoms with Crippen molar-refractivity contribution < 1.29 is 19.4 Å². The van der Waals surface area contributed by atoms with E-state index in [0.717, 1.165) is 58.7 Å². The predicted molar refractivity (Wildman–Crippen MR) is 99.3 cm³/mol. The van der Waals surface area contributed by atoms with Gasteiger partial charge in [0, 0.05) is 44.8 Å². The molecule has 1 aliphatic carbocycles. The number of urea groups is 1. The first kappa shape index (κ1) is 20.9. The van der Waals surface area contributed by atoms with Crippen molar-refractivity contribution in [2.75, 3.05) is 52.4 Å². The zero-order valence-corrected chi connectivity index (χ0v) is 16.3. The van der Waals surface area contributed by atoms with Crippen molar-refractivity contribution >= 4 is 12.0 Å². The molecule has 1 aliphatic heterocycles. The molecule has 2 amide bonds. The number of nitrogens with zero attached hydrogens (tertiary/aromatic N) is 3. The predicted octanol–water partition coefficient (Wildman–Crippen LogP) is 0.676. The molecule has 0 aromatic heterocycles. The molecule has 0 unspecified atom stereocenters. The van der Waals surface area contributed by atoms with Gasteiger partial charge in [-0.15, -0.1) is 0 Å². The van der Waals surface area contributed by atoms with Crippen LogP contribution < -0.4 is 5.32 Å². The van der Waals surface area contributed by atoms with Crippen molar-refractivity contribution in [1.82, 2.24) is 20.0 Å². The van der Waals surface area contributed by atoms with Gasteiger partial charge >= 0.3 is 12.0 Å². The molecule has 2 aliphatic rings. The van der Waals surface area contributed by atoms with Gasteiger partial charge in [-0.3, -0.25) is 14.6 Å². The van der Waals surface area contributed by atoms with Gasteiger partial charge in [0.25, 0.3) is 0 Å². The number of rotatable bonds is 9. The summed E-state index contributed by atoms with van der Waals surface area (Å²) in [5.74, 6) is -0.795. The zero-order valence-electron chi connectivity index (χ0n) is 16.3. The monoisotopic (exact) mass is 370 g/mol. The van der Waals surface area contributed by atoms with Crippen molar-refractivity contribution in [2.45, 2.75) is 51.8 Å². The fourth-order valence-corrected chi connectivity index (χ4v) is 3.53. The minimum absolute atomic E-state index is 0.00723. The largest absolute Gasteiger partial charge is 0.480 e. The molecule has 26 heavy (non-hydrogen) atoms. The van der Waals surface area contributed by atoms with Crippen LogP contribution in [0.15, 0.2) is 0 Å². The highest BCUT2D eigenvalue weighted by Crippen LogP contribution is 2.25. The summed E-state index contributed by atoms with van der Waals surface area (Å²) in [5, 5.41) is 12.0. The number of nitrogens with one attached hydrogen (secondary N) is 1. The lowest BCUT2D eigenvalue weighted by molar-refractivity contribution is -0.139. The summed E-state index contributed by atoms with van der Waals surface area (Å²) in [4.78, 5) is 29.4. The smallest absolute Gasteiger partial charge is 0.317 e. The Morgan fingerprint density at radius 2 is 1.88 bits per heavy atom. The van der Waals surface area contributed by atoms with Crippen LogP contribution in [0, 0.1) is 0 Å². The van der Waals surface area contributed by atoms with Crippen molar-refractivity contribution in [2.24, 2.45) is 0 Å². The van der Waals surface area contributed by atoms with Crippen LogP contribution in [0.2, 0.25) is 0 Å². The van der Waals surface area contributed by atoms with Gasteiger partial charge in [-0.25, -0.2) is 4.79 Å². The minimum atomic E-state index is -0.795. The molecule has 8 nitrogen and oxygen atoms in total. The highest BCUT2D eigenvalue weighted by Gasteiger charge is 2.35. The number of hydrogen-bond donors (Lipinski definition) is 2. The Morgan fingerprint density at radius 3 is 2.42 bits per heavy atom. The van der Waals surface area contributed by atoms with E-state index in [1.54, 1.807) is 0 Å². The van der Waals surface area contributed by atoms with Gasteiger partial charge in [-0.1, -0.05) is 6.92 Å². The van der Waals surface area contributed by atoms with E-state index in [1.165, 1.54) is 0 Å². The Balaban J connectivity index is 1.62. The van der Waals surface area contributed by atoms with Crippen LogP contribution in [0.5, 0.6) is 0 Å². The lowest BCUT2D eigenvalue weighted by Gasteiger charge is -2.43. The summed E-state index contributed by atoms with van der Waals surface area (Å²) in [6.07, 6.45) is 1.92. The number of ether oxygens (including phenoxy) is 1. The molecule has 2 fully saturated rings. The number of piperazine rings is 1. The van der Waals surface area contributed by atoms with Gasteiger partial charge in [0.1, 0.15) is 0 Å². The average molecular weight is 370 g/mol. The standard InChI is InChI=1S/C18H34N4O4/c1-4-21(13-17(23)24)16-11-15(12-16)19-18(25)22-7-5-20(6-8-22)9-10-26-14(2)3/h14-16H,4-13H2,1-3H3,(H,19,25)(H,23,24). The molecule has 1 saturated carbocycles. The zero-order chi connectivity index (χ0) is 19.1. The van der Waals surface area contributed by atoms with Crippen LogP contribution >= 0.6 is 0 Å². The molecule has 0 radical (unpaired) electrons. The maximum atomic E-state index is 12.4. The molecule has 0 atom stereocenters. The maximum absolute atomic E-state index is 12.4. The van der Waals surface area contributed by atoms with E-state index in [0.29, 0.717) is 0 Å². The molecule has 0 aromatic rings. The van der Waals surface area contributed by atoms with Crippen LogP contribution in [0.1, 0.15) is 33.6 Å². The number of hydrogen-bond acceptors (Lipinski definition) is 5. The van der Waals surface area contributed by atoms with Crippen LogP contribution in [-0.4, -0.2) is 102 Å². The summed E-state index contributed by atoms with van der Waals surface area (Å²) < 4.78 is 5.58. The van der Waals surface area contributed by atoms with Crippen molar-refractivity contribution in [3.63, 3.8) is 0 Å². The second-order valence-electron chi connectivity index (χ2n) is 7.48. The minimum Gasteiger partial charge on any atom is -0.480 e. The highest BCUT2D eigenvalue weighted by molar-refractivity contribution is 5.74. The third-order valence-corrected chi connectivity index (χ3v) is 5.22. The first-order valence-corrected chi connectivity index (χ1v) is 9.74. The quantitative estimate of drug-likeness (QED) is 0.621. The van der Waals surface area contributed by atoms with E-state index >= 15 is 0 Å².